The van der Waals surface area contributed by atoms with Crippen molar-refractivity contribution < 1.29 is 4.42 Å². The van der Waals surface area contributed by atoms with Gasteiger partial charge in [0, 0.05) is 18.5 Å². The third-order valence-corrected chi connectivity index (χ3v) is 4.51. The number of benzene rings is 1. The van der Waals surface area contributed by atoms with Gasteiger partial charge in [0.2, 0.25) is 5.71 Å². The van der Waals surface area contributed by atoms with Gasteiger partial charge in [-0.1, -0.05) is 49.0 Å². The molecule has 0 unspecified atom stereocenters. The minimum Gasteiger partial charge on any atom is -0.438 e. The lowest BCUT2D eigenvalue weighted by Gasteiger charge is -2.08. The van der Waals surface area contributed by atoms with Crippen molar-refractivity contribution in [2.45, 2.75) is 32.2 Å². The molecule has 1 aliphatic rings. The highest BCUT2D eigenvalue weighted by atomic mass is 32.1. The summed E-state index contributed by atoms with van der Waals surface area (Å²) in [5.41, 5.74) is 1.73. The Morgan fingerprint density at radius 3 is 2.81 bits per heavy atom. The lowest BCUT2D eigenvalue weighted by Crippen LogP contribution is -2.07. The third-order valence-electron chi connectivity index (χ3n) is 4.07. The highest BCUT2D eigenvalue weighted by Gasteiger charge is 2.15. The average molecular weight is 296 g/mol. The molecule has 2 aromatic heterocycles. The Morgan fingerprint density at radius 2 is 1.95 bits per heavy atom. The molecule has 0 radical (unpaired) electrons. The van der Waals surface area contributed by atoms with Gasteiger partial charge in [-0.15, -0.1) is 0 Å². The Balaban J connectivity index is 1.93. The molecule has 0 bridgehead atoms. The fourth-order valence-corrected chi connectivity index (χ4v) is 3.30. The molecule has 0 atom stereocenters. The maximum absolute atomic E-state index is 5.95. The van der Waals surface area contributed by atoms with Crippen LogP contribution in [0.2, 0.25) is 0 Å². The summed E-state index contributed by atoms with van der Waals surface area (Å²) in [6, 6.07) is 12.1. The molecule has 0 N–H and O–H groups in total. The van der Waals surface area contributed by atoms with E-state index in [2.05, 4.69) is 4.57 Å². The predicted octanol–water partition coefficient (Wildman–Crippen LogP) is 4.75. The molecule has 0 amide bonds. The largest absolute Gasteiger partial charge is 0.438 e. The first-order valence-electron chi connectivity index (χ1n) is 7.41. The highest BCUT2D eigenvalue weighted by molar-refractivity contribution is 7.71. The Labute approximate surface area is 128 Å². The van der Waals surface area contributed by atoms with Crippen molar-refractivity contribution in [2.75, 3.05) is 0 Å². The van der Waals surface area contributed by atoms with Crippen molar-refractivity contribution in [3.05, 3.63) is 46.9 Å². The molecule has 4 heteroatoms. The molecule has 1 aromatic carbocycles. The van der Waals surface area contributed by atoms with Crippen molar-refractivity contribution in [1.82, 2.24) is 9.55 Å². The van der Waals surface area contributed by atoms with Gasteiger partial charge in [0.05, 0.1) is 5.39 Å². The smallest absolute Gasteiger partial charge is 0.231 e. The van der Waals surface area contributed by atoms with Crippen LogP contribution in [-0.4, -0.2) is 9.55 Å². The van der Waals surface area contributed by atoms with Crippen molar-refractivity contribution >= 4 is 23.3 Å². The normalized spacial score (nSPS) is 14.9. The Morgan fingerprint density at radius 1 is 1.10 bits per heavy atom. The lowest BCUT2D eigenvalue weighted by atomic mass is 10.2. The number of hydrogen-bond acceptors (Lipinski definition) is 3. The minimum absolute atomic E-state index is 0.673. The van der Waals surface area contributed by atoms with Gasteiger partial charge in [-0.25, -0.2) is 0 Å². The van der Waals surface area contributed by atoms with E-state index >= 15 is 0 Å². The molecule has 21 heavy (non-hydrogen) atoms. The summed E-state index contributed by atoms with van der Waals surface area (Å²) in [4.78, 5) is 4.71. The quantitative estimate of drug-likeness (QED) is 0.607. The van der Waals surface area contributed by atoms with Crippen LogP contribution in [0, 0.1) is 4.64 Å². The van der Waals surface area contributed by atoms with E-state index in [0.29, 0.717) is 5.71 Å². The molecule has 0 spiro atoms. The number of aromatic nitrogens is 2. The molecule has 1 aliphatic heterocycles. The lowest BCUT2D eigenvalue weighted by molar-refractivity contribution is 0.596. The first-order valence-corrected chi connectivity index (χ1v) is 7.82. The van der Waals surface area contributed by atoms with E-state index in [1.54, 1.807) is 0 Å². The van der Waals surface area contributed by atoms with E-state index in [1.807, 2.05) is 36.4 Å². The second kappa shape index (κ2) is 5.11. The molecule has 4 rings (SSSR count). The maximum Gasteiger partial charge on any atom is 0.231 e. The first kappa shape index (κ1) is 12.8. The SMILES string of the molecule is S=c1c2cc(-c3ccccc3)oc2nc2n1CCCCC2. The van der Waals surface area contributed by atoms with Crippen molar-refractivity contribution in [2.24, 2.45) is 0 Å². The molecular formula is C17H16N2OS. The van der Waals surface area contributed by atoms with Gasteiger partial charge in [-0.2, -0.15) is 4.98 Å². The third kappa shape index (κ3) is 2.20. The van der Waals surface area contributed by atoms with Gasteiger partial charge < -0.3 is 8.98 Å². The zero-order chi connectivity index (χ0) is 14.2. The number of nitrogens with zero attached hydrogens (tertiary/aromatic N) is 2. The molecule has 0 saturated heterocycles. The molecule has 3 heterocycles. The Kier molecular flexibility index (Phi) is 3.11. The molecule has 3 nitrogen and oxygen atoms in total. The molecule has 0 aliphatic carbocycles. The second-order valence-electron chi connectivity index (χ2n) is 5.49. The van der Waals surface area contributed by atoms with Crippen molar-refractivity contribution in [3.63, 3.8) is 0 Å². The predicted molar refractivity (Wildman–Crippen MR) is 85.8 cm³/mol. The van der Waals surface area contributed by atoms with Gasteiger partial charge >= 0.3 is 0 Å². The van der Waals surface area contributed by atoms with Gasteiger partial charge in [0.15, 0.2) is 0 Å². The van der Waals surface area contributed by atoms with Crippen LogP contribution in [0.15, 0.2) is 40.8 Å². The Bertz CT molecular complexity index is 848. The standard InChI is InChI=1S/C17H16N2OS/c21-17-13-11-14(12-7-3-1-4-8-12)20-16(13)18-15-9-5-2-6-10-19(15)17/h1,3-4,7-8,11H,2,5-6,9-10H2. The molecule has 0 fully saturated rings. The van der Waals surface area contributed by atoms with Gasteiger partial charge in [0.1, 0.15) is 16.2 Å². The van der Waals surface area contributed by atoms with Gasteiger partial charge in [-0.3, -0.25) is 0 Å². The average Bonchev–Trinajstić information content (AvgIpc) is 2.80. The number of rotatable bonds is 1. The number of furan rings is 1. The fourth-order valence-electron chi connectivity index (χ4n) is 2.95. The molecule has 0 saturated carbocycles. The van der Waals surface area contributed by atoms with Crippen LogP contribution in [0.3, 0.4) is 0 Å². The maximum atomic E-state index is 5.95. The van der Waals surface area contributed by atoms with E-state index in [0.717, 1.165) is 40.1 Å². The van der Waals surface area contributed by atoms with E-state index in [4.69, 9.17) is 21.6 Å². The molecule has 106 valence electrons. The summed E-state index contributed by atoms with van der Waals surface area (Å²) in [6.45, 7) is 0.975. The van der Waals surface area contributed by atoms with Gasteiger partial charge in [0.25, 0.3) is 0 Å². The van der Waals surface area contributed by atoms with Crippen molar-refractivity contribution in [1.29, 1.82) is 0 Å². The summed E-state index contributed by atoms with van der Waals surface area (Å²) < 4.78 is 9.00. The summed E-state index contributed by atoms with van der Waals surface area (Å²) in [5, 5.41) is 0.953. The number of fused-ring (bicyclic) bond motifs is 2. The topological polar surface area (TPSA) is 31.0 Å². The van der Waals surface area contributed by atoms with Crippen LogP contribution in [0.25, 0.3) is 22.4 Å². The van der Waals surface area contributed by atoms with Crippen LogP contribution in [0.4, 0.5) is 0 Å². The van der Waals surface area contributed by atoms with E-state index in [1.165, 1.54) is 19.3 Å². The Hall–Kier alpha value is -1.94. The molecule has 3 aromatic rings. The molecular weight excluding hydrogens is 280 g/mol. The minimum atomic E-state index is 0.673. The van der Waals surface area contributed by atoms with E-state index in [9.17, 15) is 0 Å². The zero-order valence-electron chi connectivity index (χ0n) is 11.7. The van der Waals surface area contributed by atoms with Crippen LogP contribution < -0.4 is 0 Å². The highest BCUT2D eigenvalue weighted by Crippen LogP contribution is 2.28. The van der Waals surface area contributed by atoms with E-state index < -0.39 is 0 Å². The van der Waals surface area contributed by atoms with Crippen LogP contribution >= 0.6 is 12.2 Å². The van der Waals surface area contributed by atoms with Crippen LogP contribution in [0.1, 0.15) is 25.1 Å². The first-order chi connectivity index (χ1) is 10.3. The monoisotopic (exact) mass is 296 g/mol. The van der Waals surface area contributed by atoms with Crippen molar-refractivity contribution in [3.8, 4) is 11.3 Å². The number of aryl methyl sites for hydroxylation is 1. The summed E-state index contributed by atoms with van der Waals surface area (Å²) in [5.74, 6) is 1.91. The van der Waals surface area contributed by atoms with E-state index in [-0.39, 0.29) is 0 Å². The number of hydrogen-bond donors (Lipinski definition) is 0. The van der Waals surface area contributed by atoms with Crippen LogP contribution in [0.5, 0.6) is 0 Å². The summed E-state index contributed by atoms with van der Waals surface area (Å²) in [6.07, 6.45) is 4.59. The summed E-state index contributed by atoms with van der Waals surface area (Å²) >= 11 is 5.67. The van der Waals surface area contributed by atoms with Gasteiger partial charge in [-0.05, 0) is 18.9 Å². The second-order valence-corrected chi connectivity index (χ2v) is 5.88. The summed E-state index contributed by atoms with van der Waals surface area (Å²) in [7, 11) is 0. The van der Waals surface area contributed by atoms with Crippen LogP contribution in [-0.2, 0) is 13.0 Å². The zero-order valence-corrected chi connectivity index (χ0v) is 12.5. The fraction of sp³-hybridized carbons (Fsp3) is 0.294.